The van der Waals surface area contributed by atoms with Crippen LogP contribution < -0.4 is 10.9 Å². The van der Waals surface area contributed by atoms with Gasteiger partial charge in [0.25, 0.3) is 5.56 Å². The lowest BCUT2D eigenvalue weighted by molar-refractivity contribution is -0.119. The largest absolute Gasteiger partial charge is 0.376 e. The SMILES string of the molecule is Cc1sc2nc(SCC(=O)NC[C@@H]3CCCO3)n(Cc3ccccc3)c(=O)c2c1C. The molecule has 0 spiro atoms. The summed E-state index contributed by atoms with van der Waals surface area (Å²) in [7, 11) is 0. The van der Waals surface area contributed by atoms with Crippen molar-refractivity contribution in [3.8, 4) is 0 Å². The highest BCUT2D eigenvalue weighted by molar-refractivity contribution is 7.99. The normalized spacial score (nSPS) is 16.3. The van der Waals surface area contributed by atoms with Crippen LogP contribution >= 0.6 is 23.1 Å². The number of thioether (sulfide) groups is 1. The van der Waals surface area contributed by atoms with Gasteiger partial charge in [-0.15, -0.1) is 11.3 Å². The highest BCUT2D eigenvalue weighted by Crippen LogP contribution is 2.28. The fourth-order valence-corrected chi connectivity index (χ4v) is 5.44. The van der Waals surface area contributed by atoms with E-state index in [0.29, 0.717) is 23.6 Å². The van der Waals surface area contributed by atoms with Gasteiger partial charge in [-0.25, -0.2) is 4.98 Å². The minimum atomic E-state index is -0.0744. The molecular formula is C22H25N3O3S2. The van der Waals surface area contributed by atoms with E-state index in [2.05, 4.69) is 5.32 Å². The number of aryl methyl sites for hydroxylation is 2. The van der Waals surface area contributed by atoms with Gasteiger partial charge >= 0.3 is 0 Å². The van der Waals surface area contributed by atoms with Crippen molar-refractivity contribution in [2.45, 2.75) is 44.5 Å². The Bertz CT molecular complexity index is 1100. The number of carbonyl (C=O) groups is 1. The molecule has 3 aromatic rings. The molecule has 6 nitrogen and oxygen atoms in total. The monoisotopic (exact) mass is 443 g/mol. The predicted octanol–water partition coefficient (Wildman–Crippen LogP) is 3.51. The van der Waals surface area contributed by atoms with Gasteiger partial charge in [-0.1, -0.05) is 42.1 Å². The molecule has 3 heterocycles. The average Bonchev–Trinajstić information content (AvgIpc) is 3.36. The molecular weight excluding hydrogens is 418 g/mol. The van der Waals surface area contributed by atoms with Crippen molar-refractivity contribution < 1.29 is 9.53 Å². The molecule has 4 rings (SSSR count). The standard InChI is InChI=1S/C22H25N3O3S2/c1-14-15(2)30-20-19(14)21(27)25(12-16-7-4-3-5-8-16)22(24-20)29-13-18(26)23-11-17-9-6-10-28-17/h3-5,7-8,17H,6,9-13H2,1-2H3,(H,23,26)/t17-/m0/s1. The number of carbonyl (C=O) groups excluding carboxylic acids is 1. The van der Waals surface area contributed by atoms with Gasteiger partial charge in [0.15, 0.2) is 5.16 Å². The third-order valence-corrected chi connectivity index (χ3v) is 7.40. The van der Waals surface area contributed by atoms with Gasteiger partial charge in [0.1, 0.15) is 4.83 Å². The second-order valence-corrected chi connectivity index (χ2v) is 9.61. The number of rotatable bonds is 7. The molecule has 2 aromatic heterocycles. The summed E-state index contributed by atoms with van der Waals surface area (Å²) in [6.45, 7) is 5.71. The van der Waals surface area contributed by atoms with Crippen molar-refractivity contribution in [1.29, 1.82) is 0 Å². The van der Waals surface area contributed by atoms with E-state index in [9.17, 15) is 9.59 Å². The lowest BCUT2D eigenvalue weighted by Gasteiger charge is -2.13. The second-order valence-electron chi connectivity index (χ2n) is 7.46. The van der Waals surface area contributed by atoms with Crippen LogP contribution in [-0.4, -0.2) is 40.5 Å². The molecule has 1 aliphatic rings. The van der Waals surface area contributed by atoms with Gasteiger partial charge in [0.2, 0.25) is 5.91 Å². The van der Waals surface area contributed by atoms with Crippen molar-refractivity contribution in [2.75, 3.05) is 18.9 Å². The molecule has 1 aliphatic heterocycles. The van der Waals surface area contributed by atoms with Gasteiger partial charge in [-0.3, -0.25) is 14.2 Å². The molecule has 0 aliphatic carbocycles. The number of benzene rings is 1. The van der Waals surface area contributed by atoms with Gasteiger partial charge in [0.05, 0.1) is 23.8 Å². The van der Waals surface area contributed by atoms with Gasteiger partial charge in [-0.2, -0.15) is 0 Å². The molecule has 30 heavy (non-hydrogen) atoms. The fourth-order valence-electron chi connectivity index (χ4n) is 3.54. The highest BCUT2D eigenvalue weighted by atomic mass is 32.2. The summed E-state index contributed by atoms with van der Waals surface area (Å²) in [5, 5.41) is 4.19. The highest BCUT2D eigenvalue weighted by Gasteiger charge is 2.19. The van der Waals surface area contributed by atoms with Crippen LogP contribution in [0.1, 0.15) is 28.8 Å². The quantitative estimate of drug-likeness (QED) is 0.447. The third-order valence-electron chi connectivity index (χ3n) is 5.32. The zero-order valence-electron chi connectivity index (χ0n) is 17.1. The minimum absolute atomic E-state index is 0.0482. The summed E-state index contributed by atoms with van der Waals surface area (Å²) in [6.07, 6.45) is 2.14. The first-order chi connectivity index (χ1) is 14.5. The number of fused-ring (bicyclic) bond motifs is 1. The third kappa shape index (κ3) is 4.61. The Morgan fingerprint density at radius 3 is 2.87 bits per heavy atom. The molecule has 1 atom stereocenters. The van der Waals surface area contributed by atoms with Gasteiger partial charge in [0, 0.05) is 18.0 Å². The van der Waals surface area contributed by atoms with Crippen LogP contribution in [0.4, 0.5) is 0 Å². The van der Waals surface area contributed by atoms with Crippen LogP contribution in [-0.2, 0) is 16.1 Å². The van der Waals surface area contributed by atoms with E-state index in [1.165, 1.54) is 23.1 Å². The first-order valence-corrected chi connectivity index (χ1v) is 11.9. The van der Waals surface area contributed by atoms with E-state index in [0.717, 1.165) is 40.3 Å². The molecule has 0 unspecified atom stereocenters. The number of amides is 1. The molecule has 0 bridgehead atoms. The minimum Gasteiger partial charge on any atom is -0.376 e. The molecule has 1 saturated heterocycles. The number of nitrogens with one attached hydrogen (secondary N) is 1. The lowest BCUT2D eigenvalue weighted by Crippen LogP contribution is -2.33. The Hall–Kier alpha value is -2.16. The average molecular weight is 444 g/mol. The molecule has 1 amide bonds. The zero-order valence-corrected chi connectivity index (χ0v) is 18.8. The van der Waals surface area contributed by atoms with Gasteiger partial charge < -0.3 is 10.1 Å². The Morgan fingerprint density at radius 2 is 2.13 bits per heavy atom. The molecule has 1 aromatic carbocycles. The van der Waals surface area contributed by atoms with Gasteiger partial charge in [-0.05, 0) is 37.8 Å². The number of ether oxygens (including phenoxy) is 1. The number of aromatic nitrogens is 2. The first kappa shape index (κ1) is 21.1. The van der Waals surface area contributed by atoms with E-state index in [1.807, 2.05) is 44.2 Å². The van der Waals surface area contributed by atoms with Crippen LogP contribution in [0.2, 0.25) is 0 Å². The fraction of sp³-hybridized carbons (Fsp3) is 0.409. The summed E-state index contributed by atoms with van der Waals surface area (Å²) in [4.78, 5) is 32.3. The molecule has 0 radical (unpaired) electrons. The topological polar surface area (TPSA) is 73.2 Å². The maximum Gasteiger partial charge on any atom is 0.263 e. The predicted molar refractivity (Wildman–Crippen MR) is 122 cm³/mol. The Labute approximate surface area is 183 Å². The van der Waals surface area contributed by atoms with Crippen LogP contribution in [0, 0.1) is 13.8 Å². The van der Waals surface area contributed by atoms with Crippen molar-refractivity contribution in [2.24, 2.45) is 0 Å². The Kier molecular flexibility index (Phi) is 6.55. The molecule has 8 heteroatoms. The zero-order chi connectivity index (χ0) is 21.1. The number of hydrogen-bond acceptors (Lipinski definition) is 6. The molecule has 0 saturated carbocycles. The van der Waals surface area contributed by atoms with E-state index >= 15 is 0 Å². The second kappa shape index (κ2) is 9.32. The molecule has 1 fully saturated rings. The Morgan fingerprint density at radius 1 is 1.33 bits per heavy atom. The number of thiophene rings is 1. The molecule has 1 N–H and O–H groups in total. The summed E-state index contributed by atoms with van der Waals surface area (Å²) >= 11 is 2.84. The number of hydrogen-bond donors (Lipinski definition) is 1. The summed E-state index contributed by atoms with van der Waals surface area (Å²) < 4.78 is 7.24. The van der Waals surface area contributed by atoms with Crippen molar-refractivity contribution in [3.05, 3.63) is 56.7 Å². The van der Waals surface area contributed by atoms with E-state index < -0.39 is 0 Å². The van der Waals surface area contributed by atoms with E-state index in [1.54, 1.807) is 4.57 Å². The van der Waals surface area contributed by atoms with Crippen LogP contribution in [0.3, 0.4) is 0 Å². The lowest BCUT2D eigenvalue weighted by atomic mass is 10.2. The smallest absolute Gasteiger partial charge is 0.263 e. The number of nitrogens with zero attached hydrogens (tertiary/aromatic N) is 2. The first-order valence-electron chi connectivity index (χ1n) is 10.1. The van der Waals surface area contributed by atoms with E-state index in [4.69, 9.17) is 9.72 Å². The van der Waals surface area contributed by atoms with Crippen molar-refractivity contribution in [1.82, 2.24) is 14.9 Å². The van der Waals surface area contributed by atoms with Crippen molar-refractivity contribution >= 4 is 39.2 Å². The van der Waals surface area contributed by atoms with Crippen LogP contribution in [0.5, 0.6) is 0 Å². The van der Waals surface area contributed by atoms with Crippen molar-refractivity contribution in [3.63, 3.8) is 0 Å². The van der Waals surface area contributed by atoms with E-state index in [-0.39, 0.29) is 23.3 Å². The Balaban J connectivity index is 1.57. The summed E-state index contributed by atoms with van der Waals surface area (Å²) in [6, 6.07) is 9.85. The van der Waals surface area contributed by atoms with Crippen LogP contribution in [0.25, 0.3) is 10.2 Å². The molecule has 158 valence electrons. The maximum absolute atomic E-state index is 13.3. The maximum atomic E-state index is 13.3. The summed E-state index contributed by atoms with van der Waals surface area (Å²) in [5.74, 6) is 0.137. The summed E-state index contributed by atoms with van der Waals surface area (Å²) in [5.41, 5.74) is 1.96. The van der Waals surface area contributed by atoms with Crippen LogP contribution in [0.15, 0.2) is 40.3 Å².